The molecule has 0 saturated carbocycles. The fourth-order valence-corrected chi connectivity index (χ4v) is 2.00. The second kappa shape index (κ2) is 4.52. The molecule has 0 radical (unpaired) electrons. The van der Waals surface area contributed by atoms with Gasteiger partial charge in [0.1, 0.15) is 12.1 Å². The predicted molar refractivity (Wildman–Crippen MR) is 74.8 cm³/mol. The third kappa shape index (κ3) is 2.45. The van der Waals surface area contributed by atoms with Crippen LogP contribution >= 0.6 is 0 Å². The molecule has 3 aromatic rings. The van der Waals surface area contributed by atoms with Crippen LogP contribution in [0.1, 0.15) is 31.3 Å². The van der Waals surface area contributed by atoms with Crippen molar-refractivity contribution in [1.29, 1.82) is 0 Å². The Bertz CT molecular complexity index is 852. The second-order valence-corrected chi connectivity index (χ2v) is 5.58. The van der Waals surface area contributed by atoms with Crippen molar-refractivity contribution in [3.05, 3.63) is 46.2 Å². The van der Waals surface area contributed by atoms with Crippen LogP contribution in [-0.2, 0) is 12.1 Å². The van der Waals surface area contributed by atoms with Crippen LogP contribution in [0.25, 0.3) is 5.52 Å². The van der Waals surface area contributed by atoms with E-state index < -0.39 is 5.54 Å². The summed E-state index contributed by atoms with van der Waals surface area (Å²) in [6.45, 7) is 5.61. The van der Waals surface area contributed by atoms with E-state index in [1.165, 1.54) is 4.57 Å². The van der Waals surface area contributed by atoms with E-state index in [-0.39, 0.29) is 12.1 Å². The van der Waals surface area contributed by atoms with Crippen molar-refractivity contribution < 1.29 is 4.52 Å². The maximum atomic E-state index is 12.3. The van der Waals surface area contributed by atoms with E-state index >= 15 is 0 Å². The van der Waals surface area contributed by atoms with Gasteiger partial charge in [-0.05, 0) is 26.8 Å². The largest absolute Gasteiger partial charge is 0.337 e. The van der Waals surface area contributed by atoms with Gasteiger partial charge in [0.25, 0.3) is 5.56 Å². The van der Waals surface area contributed by atoms with Crippen molar-refractivity contribution >= 4 is 5.52 Å². The number of hydrogen-bond donors (Lipinski definition) is 1. The number of rotatable bonds is 3. The van der Waals surface area contributed by atoms with Crippen molar-refractivity contribution in [2.45, 2.75) is 32.9 Å². The summed E-state index contributed by atoms with van der Waals surface area (Å²) in [5.41, 5.74) is 6.36. The average molecular weight is 288 g/mol. The van der Waals surface area contributed by atoms with Crippen LogP contribution in [-0.4, -0.2) is 24.3 Å². The molecule has 0 aliphatic heterocycles. The SMILES string of the molecule is Cc1cc2c(=O)n(Cc3nc(C(C)(C)N)no3)ccn2n1. The molecule has 8 nitrogen and oxygen atoms in total. The van der Waals surface area contributed by atoms with E-state index in [0.717, 1.165) is 5.69 Å². The molecule has 0 aliphatic rings. The molecule has 0 aromatic carbocycles. The van der Waals surface area contributed by atoms with Crippen molar-refractivity contribution in [1.82, 2.24) is 24.3 Å². The van der Waals surface area contributed by atoms with Crippen LogP contribution in [0.15, 0.2) is 27.8 Å². The molecule has 3 aromatic heterocycles. The fraction of sp³-hybridized carbons (Fsp3) is 0.385. The van der Waals surface area contributed by atoms with E-state index in [2.05, 4.69) is 15.2 Å². The summed E-state index contributed by atoms with van der Waals surface area (Å²) in [4.78, 5) is 16.6. The highest BCUT2D eigenvalue weighted by molar-refractivity contribution is 5.44. The Morgan fingerprint density at radius 1 is 1.38 bits per heavy atom. The molecule has 3 rings (SSSR count). The number of nitrogens with zero attached hydrogens (tertiary/aromatic N) is 5. The molecule has 0 amide bonds. The first-order valence-electron chi connectivity index (χ1n) is 6.52. The molecule has 0 spiro atoms. The first-order chi connectivity index (χ1) is 9.84. The van der Waals surface area contributed by atoms with Crippen molar-refractivity contribution in [2.75, 3.05) is 0 Å². The summed E-state index contributed by atoms with van der Waals surface area (Å²) in [6.07, 6.45) is 3.35. The maximum absolute atomic E-state index is 12.3. The number of hydrogen-bond acceptors (Lipinski definition) is 6. The predicted octanol–water partition coefficient (Wildman–Crippen LogP) is 0.430. The van der Waals surface area contributed by atoms with Gasteiger partial charge in [-0.25, -0.2) is 4.52 Å². The molecule has 3 heterocycles. The normalized spacial score (nSPS) is 12.2. The summed E-state index contributed by atoms with van der Waals surface area (Å²) in [6, 6.07) is 1.74. The van der Waals surface area contributed by atoms with Gasteiger partial charge >= 0.3 is 0 Å². The molecule has 0 aliphatic carbocycles. The molecule has 0 fully saturated rings. The number of nitrogens with two attached hydrogens (primary N) is 1. The first kappa shape index (κ1) is 13.5. The molecular weight excluding hydrogens is 272 g/mol. The zero-order chi connectivity index (χ0) is 15.2. The standard InChI is InChI=1S/C13H16N6O2/c1-8-6-9-11(20)18(4-5-19(9)16-8)7-10-15-12(17-21-10)13(2,3)14/h4-6H,7,14H2,1-3H3. The molecule has 2 N–H and O–H groups in total. The number of aromatic nitrogens is 5. The van der Waals surface area contributed by atoms with Crippen molar-refractivity contribution in [3.63, 3.8) is 0 Å². The van der Waals surface area contributed by atoms with Gasteiger partial charge in [-0.1, -0.05) is 5.16 Å². The monoisotopic (exact) mass is 288 g/mol. The van der Waals surface area contributed by atoms with Crippen LogP contribution in [0.4, 0.5) is 0 Å². The quantitative estimate of drug-likeness (QED) is 0.749. The number of fused-ring (bicyclic) bond motifs is 1. The second-order valence-electron chi connectivity index (χ2n) is 5.58. The lowest BCUT2D eigenvalue weighted by Gasteiger charge is -2.11. The first-order valence-corrected chi connectivity index (χ1v) is 6.52. The lowest BCUT2D eigenvalue weighted by molar-refractivity contribution is 0.354. The number of aryl methyl sites for hydroxylation is 1. The van der Waals surface area contributed by atoms with Gasteiger partial charge in [-0.3, -0.25) is 4.79 Å². The smallest absolute Gasteiger partial charge is 0.277 e. The van der Waals surface area contributed by atoms with Crippen molar-refractivity contribution in [3.8, 4) is 0 Å². The fourth-order valence-electron chi connectivity index (χ4n) is 2.00. The molecule has 8 heteroatoms. The zero-order valence-corrected chi connectivity index (χ0v) is 12.1. The highest BCUT2D eigenvalue weighted by Crippen LogP contribution is 2.13. The molecule has 21 heavy (non-hydrogen) atoms. The van der Waals surface area contributed by atoms with Crippen molar-refractivity contribution in [2.24, 2.45) is 5.73 Å². The Labute approximate surface area is 120 Å². The van der Waals surface area contributed by atoms with Gasteiger partial charge in [0.15, 0.2) is 5.82 Å². The summed E-state index contributed by atoms with van der Waals surface area (Å²) in [7, 11) is 0. The van der Waals surface area contributed by atoms with Crippen LogP contribution in [0, 0.1) is 6.92 Å². The van der Waals surface area contributed by atoms with E-state index in [0.29, 0.717) is 17.2 Å². The summed E-state index contributed by atoms with van der Waals surface area (Å²) in [5.74, 6) is 0.748. The Morgan fingerprint density at radius 2 is 2.14 bits per heavy atom. The van der Waals surface area contributed by atoms with Gasteiger partial charge < -0.3 is 14.8 Å². The van der Waals surface area contributed by atoms with Gasteiger partial charge in [0, 0.05) is 12.4 Å². The minimum absolute atomic E-state index is 0.162. The zero-order valence-electron chi connectivity index (χ0n) is 12.1. The van der Waals surface area contributed by atoms with Gasteiger partial charge in [-0.15, -0.1) is 0 Å². The van der Waals surface area contributed by atoms with E-state index in [1.54, 1.807) is 36.8 Å². The van der Waals surface area contributed by atoms with Crippen LogP contribution in [0.5, 0.6) is 0 Å². The Morgan fingerprint density at radius 3 is 2.81 bits per heavy atom. The minimum Gasteiger partial charge on any atom is -0.337 e. The highest BCUT2D eigenvalue weighted by Gasteiger charge is 2.21. The van der Waals surface area contributed by atoms with Crippen LogP contribution in [0.3, 0.4) is 0 Å². The lowest BCUT2D eigenvalue weighted by atomic mass is 10.1. The summed E-state index contributed by atoms with van der Waals surface area (Å²) >= 11 is 0. The topological polar surface area (TPSA) is 104 Å². The van der Waals surface area contributed by atoms with Gasteiger partial charge in [0.05, 0.1) is 11.2 Å². The lowest BCUT2D eigenvalue weighted by Crippen LogP contribution is -2.30. The summed E-state index contributed by atoms with van der Waals surface area (Å²) < 4.78 is 8.19. The van der Waals surface area contributed by atoms with Gasteiger partial charge in [-0.2, -0.15) is 10.1 Å². The Kier molecular flexibility index (Phi) is 2.91. The third-order valence-electron chi connectivity index (χ3n) is 3.08. The molecule has 0 saturated heterocycles. The van der Waals surface area contributed by atoms with Crippen LogP contribution < -0.4 is 11.3 Å². The summed E-state index contributed by atoms with van der Waals surface area (Å²) in [5, 5.41) is 8.03. The van der Waals surface area contributed by atoms with E-state index in [4.69, 9.17) is 10.3 Å². The molecule has 0 bridgehead atoms. The Hall–Kier alpha value is -2.48. The van der Waals surface area contributed by atoms with Gasteiger partial charge in [0.2, 0.25) is 5.89 Å². The maximum Gasteiger partial charge on any atom is 0.277 e. The molecular formula is C13H16N6O2. The minimum atomic E-state index is -0.681. The molecule has 0 atom stereocenters. The Balaban J connectivity index is 1.96. The third-order valence-corrected chi connectivity index (χ3v) is 3.08. The molecule has 110 valence electrons. The van der Waals surface area contributed by atoms with E-state index in [9.17, 15) is 4.79 Å². The van der Waals surface area contributed by atoms with E-state index in [1.807, 2.05) is 6.92 Å². The average Bonchev–Trinajstić information content (AvgIpc) is 2.98. The highest BCUT2D eigenvalue weighted by atomic mass is 16.5. The van der Waals surface area contributed by atoms with Crippen LogP contribution in [0.2, 0.25) is 0 Å². The molecule has 0 unspecified atom stereocenters.